The lowest BCUT2D eigenvalue weighted by Gasteiger charge is -2.14. The quantitative estimate of drug-likeness (QED) is 0.423. The van der Waals surface area contributed by atoms with Crippen LogP contribution in [0, 0.1) is 5.82 Å². The predicted octanol–water partition coefficient (Wildman–Crippen LogP) is 5.10. The molecule has 0 N–H and O–H groups in total. The van der Waals surface area contributed by atoms with Gasteiger partial charge in [-0.15, -0.1) is 13.2 Å². The summed E-state index contributed by atoms with van der Waals surface area (Å²) in [4.78, 5) is 13.1. The molecule has 0 saturated carbocycles. The van der Waals surface area contributed by atoms with Gasteiger partial charge in [0, 0.05) is 10.9 Å². The summed E-state index contributed by atoms with van der Waals surface area (Å²) >= 11 is 0. The van der Waals surface area contributed by atoms with Crippen LogP contribution in [0.4, 0.5) is 17.6 Å². The van der Waals surface area contributed by atoms with Crippen LogP contribution < -0.4 is 15.0 Å². The van der Waals surface area contributed by atoms with Crippen molar-refractivity contribution in [1.82, 2.24) is 9.78 Å². The highest BCUT2D eigenvalue weighted by molar-refractivity contribution is 5.95. The van der Waals surface area contributed by atoms with Gasteiger partial charge in [0.05, 0.1) is 23.9 Å². The summed E-state index contributed by atoms with van der Waals surface area (Å²) in [7, 11) is 1.44. The number of nitrogens with zero attached hydrogens (tertiary/aromatic N) is 2. The molecule has 158 valence electrons. The van der Waals surface area contributed by atoms with E-state index in [1.54, 1.807) is 18.2 Å². The molecular weight excluding hydrogens is 416 g/mol. The van der Waals surface area contributed by atoms with Crippen molar-refractivity contribution in [2.24, 2.45) is 0 Å². The fraction of sp³-hybridized carbons (Fsp3) is 0.0909. The van der Waals surface area contributed by atoms with Crippen LogP contribution in [0.2, 0.25) is 0 Å². The number of hydrogen-bond acceptors (Lipinski definition) is 4. The monoisotopic (exact) mass is 430 g/mol. The second-order valence-corrected chi connectivity index (χ2v) is 6.53. The molecule has 0 unspecified atom stereocenters. The van der Waals surface area contributed by atoms with E-state index in [1.807, 2.05) is 0 Å². The number of hydrogen-bond donors (Lipinski definition) is 0. The molecule has 5 nitrogen and oxygen atoms in total. The van der Waals surface area contributed by atoms with E-state index < -0.39 is 23.5 Å². The summed E-state index contributed by atoms with van der Waals surface area (Å²) in [5.74, 6) is -0.494. The van der Waals surface area contributed by atoms with Crippen molar-refractivity contribution < 1.29 is 27.0 Å². The predicted molar refractivity (Wildman–Crippen MR) is 106 cm³/mol. The molecule has 0 radical (unpaired) electrons. The Bertz CT molecular complexity index is 1320. The molecule has 0 amide bonds. The summed E-state index contributed by atoms with van der Waals surface area (Å²) in [5, 5.41) is 5.01. The first kappa shape index (κ1) is 20.4. The molecule has 0 bridgehead atoms. The van der Waals surface area contributed by atoms with Crippen LogP contribution >= 0.6 is 0 Å². The summed E-state index contributed by atoms with van der Waals surface area (Å²) < 4.78 is 61.6. The fourth-order valence-corrected chi connectivity index (χ4v) is 3.16. The molecule has 3 aromatic carbocycles. The zero-order valence-electron chi connectivity index (χ0n) is 16.0. The maximum Gasteiger partial charge on any atom is 0.573 e. The molecule has 0 aliphatic carbocycles. The van der Waals surface area contributed by atoms with E-state index in [-0.39, 0.29) is 11.1 Å². The Kier molecular flexibility index (Phi) is 5.10. The van der Waals surface area contributed by atoms with Gasteiger partial charge in [-0.25, -0.2) is 4.39 Å². The molecule has 0 aliphatic heterocycles. The molecule has 31 heavy (non-hydrogen) atoms. The van der Waals surface area contributed by atoms with E-state index in [0.717, 1.165) is 10.7 Å². The molecule has 1 heterocycles. The van der Waals surface area contributed by atoms with Gasteiger partial charge in [0.1, 0.15) is 17.3 Å². The summed E-state index contributed by atoms with van der Waals surface area (Å²) in [6.07, 6.45) is -4.85. The number of methoxy groups -OCH3 is 1. The minimum atomic E-state index is -4.85. The number of alkyl halides is 3. The first-order chi connectivity index (χ1) is 14.7. The van der Waals surface area contributed by atoms with E-state index in [0.29, 0.717) is 22.4 Å². The van der Waals surface area contributed by atoms with Crippen LogP contribution in [0.5, 0.6) is 11.5 Å². The Morgan fingerprint density at radius 2 is 1.65 bits per heavy atom. The van der Waals surface area contributed by atoms with Crippen molar-refractivity contribution in [3.8, 4) is 28.4 Å². The normalized spacial score (nSPS) is 11.5. The second kappa shape index (κ2) is 7.75. The lowest BCUT2D eigenvalue weighted by atomic mass is 10.0. The number of benzene rings is 3. The smallest absolute Gasteiger partial charge is 0.497 e. The van der Waals surface area contributed by atoms with Crippen molar-refractivity contribution in [3.63, 3.8) is 0 Å². The Balaban J connectivity index is 1.98. The fourth-order valence-electron chi connectivity index (χ4n) is 3.16. The molecule has 0 saturated heterocycles. The van der Waals surface area contributed by atoms with E-state index in [4.69, 9.17) is 4.74 Å². The first-order valence-corrected chi connectivity index (χ1v) is 8.98. The Hall–Kier alpha value is -3.88. The van der Waals surface area contributed by atoms with Gasteiger partial charge >= 0.3 is 6.36 Å². The number of aromatic nitrogens is 2. The minimum Gasteiger partial charge on any atom is -0.497 e. The maximum absolute atomic E-state index is 13.3. The SMILES string of the molecule is COc1ccc2c(-c3cccc(OC(F)(F)F)c3)nn(-c3ccc(F)cc3)c(=O)c2c1. The molecule has 0 fully saturated rings. The van der Waals surface area contributed by atoms with Gasteiger partial charge in [0.2, 0.25) is 0 Å². The third-order valence-electron chi connectivity index (χ3n) is 4.52. The second-order valence-electron chi connectivity index (χ2n) is 6.53. The minimum absolute atomic E-state index is 0.232. The average molecular weight is 430 g/mol. The van der Waals surface area contributed by atoms with Gasteiger partial charge in [-0.3, -0.25) is 4.79 Å². The standard InChI is InChI=1S/C22H14F4N2O3/c1-30-16-9-10-18-19(12-16)21(29)28(15-7-5-14(23)6-8-15)27-20(18)13-3-2-4-17(11-13)31-22(24,25)26/h2-12H,1H3. The van der Waals surface area contributed by atoms with Crippen LogP contribution in [-0.2, 0) is 0 Å². The van der Waals surface area contributed by atoms with Crippen molar-refractivity contribution >= 4 is 10.8 Å². The van der Waals surface area contributed by atoms with Crippen LogP contribution in [0.15, 0.2) is 71.5 Å². The maximum atomic E-state index is 13.3. The molecule has 0 spiro atoms. The molecule has 0 atom stereocenters. The first-order valence-electron chi connectivity index (χ1n) is 8.98. The topological polar surface area (TPSA) is 53.4 Å². The van der Waals surface area contributed by atoms with E-state index in [1.165, 1.54) is 49.6 Å². The summed E-state index contributed by atoms with van der Waals surface area (Å²) in [6, 6.07) is 15.1. The summed E-state index contributed by atoms with van der Waals surface area (Å²) in [5.41, 5.74) is 0.342. The van der Waals surface area contributed by atoms with Crippen LogP contribution in [-0.4, -0.2) is 23.3 Å². The van der Waals surface area contributed by atoms with Crippen molar-refractivity contribution in [2.45, 2.75) is 6.36 Å². The van der Waals surface area contributed by atoms with E-state index in [9.17, 15) is 22.4 Å². The number of fused-ring (bicyclic) bond motifs is 1. The summed E-state index contributed by atoms with van der Waals surface area (Å²) in [6.45, 7) is 0. The highest BCUT2D eigenvalue weighted by Crippen LogP contribution is 2.31. The van der Waals surface area contributed by atoms with Crippen LogP contribution in [0.25, 0.3) is 27.7 Å². The average Bonchev–Trinajstić information content (AvgIpc) is 2.73. The molecule has 4 rings (SSSR count). The van der Waals surface area contributed by atoms with Gasteiger partial charge in [-0.2, -0.15) is 9.78 Å². The number of ether oxygens (including phenoxy) is 2. The molecule has 1 aromatic heterocycles. The molecule has 0 aliphatic rings. The lowest BCUT2D eigenvalue weighted by Crippen LogP contribution is -2.22. The molecule has 9 heteroatoms. The zero-order chi connectivity index (χ0) is 22.2. The van der Waals surface area contributed by atoms with Gasteiger partial charge in [0.25, 0.3) is 5.56 Å². The highest BCUT2D eigenvalue weighted by Gasteiger charge is 2.31. The van der Waals surface area contributed by atoms with Crippen molar-refractivity contribution in [3.05, 3.63) is 82.9 Å². The lowest BCUT2D eigenvalue weighted by molar-refractivity contribution is -0.274. The van der Waals surface area contributed by atoms with Crippen LogP contribution in [0.3, 0.4) is 0 Å². The molecule has 4 aromatic rings. The third kappa shape index (κ3) is 4.20. The Morgan fingerprint density at radius 1 is 0.903 bits per heavy atom. The van der Waals surface area contributed by atoms with Crippen molar-refractivity contribution in [1.29, 1.82) is 0 Å². The van der Waals surface area contributed by atoms with Gasteiger partial charge in [0.15, 0.2) is 0 Å². The Morgan fingerprint density at radius 3 is 2.32 bits per heavy atom. The van der Waals surface area contributed by atoms with E-state index in [2.05, 4.69) is 9.84 Å². The number of rotatable bonds is 4. The van der Waals surface area contributed by atoms with Gasteiger partial charge < -0.3 is 9.47 Å². The highest BCUT2D eigenvalue weighted by atomic mass is 19.4. The van der Waals surface area contributed by atoms with Gasteiger partial charge in [-0.1, -0.05) is 12.1 Å². The van der Waals surface area contributed by atoms with Crippen LogP contribution in [0.1, 0.15) is 0 Å². The largest absolute Gasteiger partial charge is 0.573 e. The number of halogens is 4. The van der Waals surface area contributed by atoms with Gasteiger partial charge in [-0.05, 0) is 54.6 Å². The third-order valence-corrected chi connectivity index (χ3v) is 4.52. The van der Waals surface area contributed by atoms with E-state index >= 15 is 0 Å². The molecular formula is C22H14F4N2O3. The Labute approximate surface area is 173 Å². The van der Waals surface area contributed by atoms with Crippen molar-refractivity contribution in [2.75, 3.05) is 7.11 Å². The zero-order valence-corrected chi connectivity index (χ0v) is 16.0.